The zero-order valence-electron chi connectivity index (χ0n) is 21.9. The molecule has 0 amide bonds. The zero-order valence-corrected chi connectivity index (χ0v) is 21.9. The molecule has 2 aliphatic heterocycles. The van der Waals surface area contributed by atoms with Crippen molar-refractivity contribution in [3.05, 3.63) is 66.1 Å². The van der Waals surface area contributed by atoms with Crippen LogP contribution in [0.25, 0.3) is 33.4 Å². The number of halogens is 2. The third kappa shape index (κ3) is 5.06. The largest absolute Gasteiger partial charge is 0.379 e. The fourth-order valence-corrected chi connectivity index (χ4v) is 5.92. The average molecular weight is 531 g/mol. The molecule has 7 nitrogen and oxygen atoms in total. The molecule has 2 aromatic carbocycles. The molecule has 0 N–H and O–H groups in total. The van der Waals surface area contributed by atoms with Crippen molar-refractivity contribution in [2.75, 3.05) is 39.4 Å². The van der Waals surface area contributed by atoms with Crippen molar-refractivity contribution in [1.82, 2.24) is 29.5 Å². The monoisotopic (exact) mass is 530 g/mol. The molecule has 0 bridgehead atoms. The third-order valence-corrected chi connectivity index (χ3v) is 8.34. The lowest BCUT2D eigenvalue weighted by atomic mass is 10.0. The van der Waals surface area contributed by atoms with E-state index >= 15 is 8.78 Å². The van der Waals surface area contributed by atoms with Crippen LogP contribution >= 0.6 is 0 Å². The van der Waals surface area contributed by atoms with Crippen LogP contribution in [0.15, 0.2) is 48.9 Å². The molecule has 1 saturated carbocycles. The summed E-state index contributed by atoms with van der Waals surface area (Å²) >= 11 is 0. The highest BCUT2D eigenvalue weighted by molar-refractivity contribution is 5.92. The first kappa shape index (κ1) is 24.7. The van der Waals surface area contributed by atoms with Gasteiger partial charge in [-0.3, -0.25) is 14.6 Å². The lowest BCUT2D eigenvalue weighted by molar-refractivity contribution is 0.0332. The maximum absolute atomic E-state index is 15.2. The molecule has 3 fully saturated rings. The maximum Gasteiger partial charge on any atom is 0.131 e. The first-order chi connectivity index (χ1) is 19.1. The number of hydrogen-bond acceptors (Lipinski definition) is 6. The van der Waals surface area contributed by atoms with Gasteiger partial charge in [-0.15, -0.1) is 0 Å². The molecule has 2 saturated heterocycles. The highest BCUT2D eigenvalue weighted by Crippen LogP contribution is 2.34. The van der Waals surface area contributed by atoms with Crippen molar-refractivity contribution in [2.24, 2.45) is 0 Å². The van der Waals surface area contributed by atoms with E-state index in [-0.39, 0.29) is 12.1 Å². The normalized spacial score (nSPS) is 19.6. The van der Waals surface area contributed by atoms with Gasteiger partial charge in [-0.1, -0.05) is 12.1 Å². The quantitative estimate of drug-likeness (QED) is 0.347. The number of piperidine rings is 1. The van der Waals surface area contributed by atoms with Crippen LogP contribution in [0.1, 0.15) is 37.3 Å². The molecule has 3 aliphatic rings. The number of aromatic nitrogens is 4. The van der Waals surface area contributed by atoms with Crippen LogP contribution < -0.4 is 0 Å². The van der Waals surface area contributed by atoms with Crippen molar-refractivity contribution in [3.8, 4) is 22.4 Å². The third-order valence-electron chi connectivity index (χ3n) is 8.34. The number of rotatable bonds is 6. The van der Waals surface area contributed by atoms with E-state index in [0.717, 1.165) is 37.5 Å². The second kappa shape index (κ2) is 10.4. The van der Waals surface area contributed by atoms with Crippen LogP contribution in [0.5, 0.6) is 0 Å². The van der Waals surface area contributed by atoms with E-state index in [1.165, 1.54) is 25.0 Å². The Morgan fingerprint density at radius 1 is 0.872 bits per heavy atom. The summed E-state index contributed by atoms with van der Waals surface area (Å²) in [6.07, 6.45) is 10.5. The maximum atomic E-state index is 15.2. The Bertz CT molecular complexity index is 1470. The van der Waals surface area contributed by atoms with Crippen molar-refractivity contribution in [3.63, 3.8) is 0 Å². The predicted octanol–water partition coefficient (Wildman–Crippen LogP) is 5.07. The van der Waals surface area contributed by atoms with E-state index in [4.69, 9.17) is 9.72 Å². The molecule has 7 rings (SSSR count). The van der Waals surface area contributed by atoms with Crippen molar-refractivity contribution < 1.29 is 13.5 Å². The van der Waals surface area contributed by atoms with Gasteiger partial charge in [0.05, 0.1) is 48.4 Å². The number of fused-ring (bicyclic) bond motifs is 1. The molecule has 0 radical (unpaired) electrons. The Morgan fingerprint density at radius 3 is 2.38 bits per heavy atom. The number of benzene rings is 2. The summed E-state index contributed by atoms with van der Waals surface area (Å²) in [5.41, 5.74) is 4.06. The summed E-state index contributed by atoms with van der Waals surface area (Å²) < 4.78 is 37.8. The molecule has 1 aliphatic carbocycles. The minimum Gasteiger partial charge on any atom is -0.379 e. The van der Waals surface area contributed by atoms with E-state index in [1.54, 1.807) is 6.20 Å². The number of ether oxygens (including phenoxy) is 1. The summed E-state index contributed by atoms with van der Waals surface area (Å²) in [6, 6.07) is 9.57. The van der Waals surface area contributed by atoms with E-state index in [1.807, 2.05) is 29.3 Å². The van der Waals surface area contributed by atoms with Crippen LogP contribution in [0, 0.1) is 11.6 Å². The molecule has 202 valence electrons. The highest BCUT2D eigenvalue weighted by atomic mass is 19.1. The van der Waals surface area contributed by atoms with Gasteiger partial charge >= 0.3 is 0 Å². The fourth-order valence-electron chi connectivity index (χ4n) is 5.92. The van der Waals surface area contributed by atoms with Gasteiger partial charge in [0.25, 0.3) is 0 Å². The van der Waals surface area contributed by atoms with Crippen molar-refractivity contribution >= 4 is 11.0 Å². The van der Waals surface area contributed by atoms with Crippen molar-refractivity contribution in [1.29, 1.82) is 0 Å². The summed E-state index contributed by atoms with van der Waals surface area (Å²) in [5.74, 6) is -1.10. The topological polar surface area (TPSA) is 59.3 Å². The Balaban J connectivity index is 1.16. The van der Waals surface area contributed by atoms with Crippen LogP contribution in [0.4, 0.5) is 8.78 Å². The van der Waals surface area contributed by atoms with Crippen LogP contribution in [-0.2, 0) is 11.3 Å². The van der Waals surface area contributed by atoms with Gasteiger partial charge in [0.2, 0.25) is 0 Å². The first-order valence-corrected chi connectivity index (χ1v) is 13.9. The van der Waals surface area contributed by atoms with Crippen LogP contribution in [-0.4, -0.2) is 75.0 Å². The van der Waals surface area contributed by atoms with Gasteiger partial charge in [0.15, 0.2) is 0 Å². The molecule has 0 atom stereocenters. The smallest absolute Gasteiger partial charge is 0.131 e. The summed E-state index contributed by atoms with van der Waals surface area (Å²) in [4.78, 5) is 14.2. The molecule has 4 heterocycles. The Kier molecular flexibility index (Phi) is 6.58. The Hall–Kier alpha value is -3.27. The fraction of sp³-hybridized carbons (Fsp3) is 0.433. The van der Waals surface area contributed by atoms with Gasteiger partial charge in [-0.05, 0) is 49.4 Å². The average Bonchev–Trinajstić information content (AvgIpc) is 3.71. The molecule has 9 heteroatoms. The molecule has 4 aromatic rings. The van der Waals surface area contributed by atoms with Crippen molar-refractivity contribution in [2.45, 2.75) is 44.3 Å². The second-order valence-electron chi connectivity index (χ2n) is 10.9. The Labute approximate surface area is 226 Å². The molecule has 0 unspecified atom stereocenters. The molecule has 39 heavy (non-hydrogen) atoms. The SMILES string of the molecule is Fc1cc(-c2cccc3ncc(-c4cnn(C5CCN(C6CC6)CC5)c4)nc23)cc(F)c1CN1CCOCC1. The van der Waals surface area contributed by atoms with Gasteiger partial charge in [-0.25, -0.2) is 13.8 Å². The number of para-hydroxylation sites is 1. The van der Waals surface area contributed by atoms with Crippen LogP contribution in [0.3, 0.4) is 0 Å². The predicted molar refractivity (Wildman–Crippen MR) is 145 cm³/mol. The van der Waals surface area contributed by atoms with Crippen LogP contribution in [0.2, 0.25) is 0 Å². The Morgan fingerprint density at radius 2 is 1.64 bits per heavy atom. The van der Waals surface area contributed by atoms with E-state index in [0.29, 0.717) is 60.2 Å². The number of likely N-dealkylation sites (tertiary alicyclic amines) is 1. The minimum absolute atomic E-state index is 0.0861. The van der Waals surface area contributed by atoms with E-state index in [9.17, 15) is 0 Å². The highest BCUT2D eigenvalue weighted by Gasteiger charge is 2.32. The summed E-state index contributed by atoms with van der Waals surface area (Å²) in [7, 11) is 0. The van der Waals surface area contributed by atoms with Gasteiger partial charge in [0.1, 0.15) is 11.6 Å². The molecular weight excluding hydrogens is 498 g/mol. The number of hydrogen-bond donors (Lipinski definition) is 0. The molecule has 2 aromatic heterocycles. The van der Waals surface area contributed by atoms with Gasteiger partial charge in [0, 0.05) is 61.7 Å². The molecule has 0 spiro atoms. The molecular formula is C30H32F2N6O. The first-order valence-electron chi connectivity index (χ1n) is 13.9. The lowest BCUT2D eigenvalue weighted by Crippen LogP contribution is -2.36. The number of morpholine rings is 1. The van der Waals surface area contributed by atoms with Gasteiger partial charge < -0.3 is 9.64 Å². The number of nitrogens with zero attached hydrogens (tertiary/aromatic N) is 6. The van der Waals surface area contributed by atoms with Gasteiger partial charge in [-0.2, -0.15) is 5.10 Å². The van der Waals surface area contributed by atoms with E-state index in [2.05, 4.69) is 25.9 Å². The minimum atomic E-state index is -0.549. The lowest BCUT2D eigenvalue weighted by Gasteiger charge is -2.32. The standard InChI is InChI=1S/C30H32F2N6O/c31-26-14-20(15-27(32)25(26)19-36-10-12-39-13-11-36)24-2-1-3-28-30(24)35-29(17-33-28)21-16-34-38(18-21)23-6-8-37(9-7-23)22-4-5-22/h1-3,14-18,22-23H,4-13,19H2. The zero-order chi connectivity index (χ0) is 26.3. The second-order valence-corrected chi connectivity index (χ2v) is 10.9. The van der Waals surface area contributed by atoms with E-state index < -0.39 is 11.6 Å². The summed E-state index contributed by atoms with van der Waals surface area (Å²) in [5, 5.41) is 4.66. The summed E-state index contributed by atoms with van der Waals surface area (Å²) in [6.45, 7) is 4.97.